The standard InChI is InChI=1S/C22H29ClN4O/c1-16(2)3-8-20(17-4-6-19(23)7-5-17)26-22(28)18-9-13-27(14-10-18)21-15-24-11-12-25-21/h4-7,11-12,15-16,18,20H,3,8-10,13-14H2,1-2H3,(H,26,28). The Bertz CT molecular complexity index is 743. The highest BCUT2D eigenvalue weighted by Crippen LogP contribution is 2.26. The summed E-state index contributed by atoms with van der Waals surface area (Å²) in [6.45, 7) is 6.08. The van der Waals surface area contributed by atoms with Crippen molar-refractivity contribution in [2.45, 2.75) is 45.6 Å². The van der Waals surface area contributed by atoms with E-state index in [1.807, 2.05) is 24.3 Å². The van der Waals surface area contributed by atoms with E-state index >= 15 is 0 Å². The Hall–Kier alpha value is -2.14. The van der Waals surface area contributed by atoms with Gasteiger partial charge >= 0.3 is 0 Å². The zero-order chi connectivity index (χ0) is 19.9. The Labute approximate surface area is 172 Å². The molecule has 6 heteroatoms. The maximum Gasteiger partial charge on any atom is 0.223 e. The number of benzene rings is 1. The summed E-state index contributed by atoms with van der Waals surface area (Å²) in [6, 6.07) is 7.86. The van der Waals surface area contributed by atoms with Crippen molar-refractivity contribution >= 4 is 23.3 Å². The van der Waals surface area contributed by atoms with Gasteiger partial charge in [0.25, 0.3) is 0 Å². The molecule has 2 heterocycles. The van der Waals surface area contributed by atoms with Crippen LogP contribution in [0.4, 0.5) is 5.82 Å². The summed E-state index contributed by atoms with van der Waals surface area (Å²) in [4.78, 5) is 23.6. The van der Waals surface area contributed by atoms with Crippen molar-refractivity contribution < 1.29 is 4.79 Å². The highest BCUT2D eigenvalue weighted by atomic mass is 35.5. The molecular weight excluding hydrogens is 372 g/mol. The number of aromatic nitrogens is 2. The number of anilines is 1. The summed E-state index contributed by atoms with van der Waals surface area (Å²) in [5.41, 5.74) is 1.12. The Morgan fingerprint density at radius 1 is 1.18 bits per heavy atom. The van der Waals surface area contributed by atoms with Gasteiger partial charge < -0.3 is 10.2 Å². The number of hydrogen-bond donors (Lipinski definition) is 1. The van der Waals surface area contributed by atoms with Gasteiger partial charge in [-0.05, 0) is 49.3 Å². The minimum Gasteiger partial charge on any atom is -0.355 e. The quantitative estimate of drug-likeness (QED) is 0.735. The molecule has 1 atom stereocenters. The van der Waals surface area contributed by atoms with Gasteiger partial charge in [0.2, 0.25) is 5.91 Å². The van der Waals surface area contributed by atoms with Crippen molar-refractivity contribution in [3.05, 3.63) is 53.4 Å². The van der Waals surface area contributed by atoms with Gasteiger partial charge in [0.05, 0.1) is 12.2 Å². The number of piperidine rings is 1. The summed E-state index contributed by atoms with van der Waals surface area (Å²) < 4.78 is 0. The van der Waals surface area contributed by atoms with E-state index in [0.717, 1.165) is 50.2 Å². The normalized spacial score (nSPS) is 16.2. The zero-order valence-electron chi connectivity index (χ0n) is 16.6. The first-order valence-corrected chi connectivity index (χ1v) is 10.5. The van der Waals surface area contributed by atoms with Crippen LogP contribution in [0.25, 0.3) is 0 Å². The van der Waals surface area contributed by atoms with Gasteiger partial charge in [-0.1, -0.05) is 37.6 Å². The smallest absolute Gasteiger partial charge is 0.223 e. The van der Waals surface area contributed by atoms with Gasteiger partial charge in [-0.25, -0.2) is 4.98 Å². The van der Waals surface area contributed by atoms with Crippen LogP contribution in [0.5, 0.6) is 0 Å². The molecular formula is C22H29ClN4O. The molecule has 1 saturated heterocycles. The Balaban J connectivity index is 1.59. The van der Waals surface area contributed by atoms with Crippen LogP contribution in [-0.2, 0) is 4.79 Å². The number of rotatable bonds is 7. The predicted molar refractivity (Wildman–Crippen MR) is 113 cm³/mol. The zero-order valence-corrected chi connectivity index (χ0v) is 17.4. The third-order valence-electron chi connectivity index (χ3n) is 5.36. The van der Waals surface area contributed by atoms with Crippen molar-refractivity contribution in [2.24, 2.45) is 11.8 Å². The van der Waals surface area contributed by atoms with E-state index in [4.69, 9.17) is 11.6 Å². The molecule has 0 bridgehead atoms. The van der Waals surface area contributed by atoms with E-state index in [-0.39, 0.29) is 17.9 Å². The lowest BCUT2D eigenvalue weighted by Crippen LogP contribution is -2.42. The number of carbonyl (C=O) groups is 1. The van der Waals surface area contributed by atoms with Crippen molar-refractivity contribution in [3.63, 3.8) is 0 Å². The SMILES string of the molecule is CC(C)CCC(NC(=O)C1CCN(c2cnccn2)CC1)c1ccc(Cl)cc1. The van der Waals surface area contributed by atoms with E-state index in [1.54, 1.807) is 18.6 Å². The minimum absolute atomic E-state index is 0.0326. The van der Waals surface area contributed by atoms with Crippen LogP contribution in [-0.4, -0.2) is 29.0 Å². The summed E-state index contributed by atoms with van der Waals surface area (Å²) in [6.07, 6.45) is 8.84. The van der Waals surface area contributed by atoms with Gasteiger partial charge in [0.15, 0.2) is 0 Å². The molecule has 1 fully saturated rings. The second-order valence-corrected chi connectivity index (χ2v) is 8.35. The fourth-order valence-electron chi connectivity index (χ4n) is 3.63. The molecule has 3 rings (SSSR count). The molecule has 0 aliphatic carbocycles. The first-order chi connectivity index (χ1) is 13.5. The first-order valence-electron chi connectivity index (χ1n) is 10.1. The van der Waals surface area contributed by atoms with Gasteiger partial charge in [-0.3, -0.25) is 9.78 Å². The van der Waals surface area contributed by atoms with Crippen LogP contribution in [0, 0.1) is 11.8 Å². The van der Waals surface area contributed by atoms with Gasteiger partial charge in [0, 0.05) is 36.4 Å². The molecule has 1 aliphatic rings. The summed E-state index contributed by atoms with van der Waals surface area (Å²) >= 11 is 6.03. The topological polar surface area (TPSA) is 58.1 Å². The van der Waals surface area contributed by atoms with E-state index in [1.165, 1.54) is 0 Å². The number of nitrogens with zero attached hydrogens (tertiary/aromatic N) is 3. The molecule has 5 nitrogen and oxygen atoms in total. The first kappa shape index (κ1) is 20.6. The highest BCUT2D eigenvalue weighted by Gasteiger charge is 2.27. The fourth-order valence-corrected chi connectivity index (χ4v) is 3.76. The second kappa shape index (κ2) is 9.87. The monoisotopic (exact) mass is 400 g/mol. The number of halogens is 1. The lowest BCUT2D eigenvalue weighted by molar-refractivity contribution is -0.126. The third-order valence-corrected chi connectivity index (χ3v) is 5.61. The van der Waals surface area contributed by atoms with Crippen LogP contribution in [0.1, 0.15) is 51.1 Å². The second-order valence-electron chi connectivity index (χ2n) is 7.91. The molecule has 28 heavy (non-hydrogen) atoms. The largest absolute Gasteiger partial charge is 0.355 e. The molecule has 1 aliphatic heterocycles. The van der Waals surface area contributed by atoms with Crippen LogP contribution in [0.2, 0.25) is 5.02 Å². The average Bonchev–Trinajstić information content (AvgIpc) is 2.72. The van der Waals surface area contributed by atoms with Crippen LogP contribution in [0.3, 0.4) is 0 Å². The molecule has 0 radical (unpaired) electrons. The maximum atomic E-state index is 13.0. The highest BCUT2D eigenvalue weighted by molar-refractivity contribution is 6.30. The van der Waals surface area contributed by atoms with Crippen LogP contribution < -0.4 is 10.2 Å². The Morgan fingerprint density at radius 3 is 2.50 bits per heavy atom. The molecule has 2 aromatic rings. The molecule has 0 spiro atoms. The molecule has 1 aromatic carbocycles. The number of nitrogens with one attached hydrogen (secondary N) is 1. The average molecular weight is 401 g/mol. The predicted octanol–water partition coefficient (Wildman–Crippen LogP) is 4.64. The number of carbonyl (C=O) groups excluding carboxylic acids is 1. The number of amides is 1. The van der Waals surface area contributed by atoms with Gasteiger partial charge in [-0.15, -0.1) is 0 Å². The van der Waals surface area contributed by atoms with Crippen molar-refractivity contribution in [3.8, 4) is 0 Å². The maximum absolute atomic E-state index is 13.0. The van der Waals surface area contributed by atoms with Gasteiger partial charge in [-0.2, -0.15) is 0 Å². The van der Waals surface area contributed by atoms with Crippen LogP contribution >= 0.6 is 11.6 Å². The Morgan fingerprint density at radius 2 is 1.89 bits per heavy atom. The van der Waals surface area contributed by atoms with Gasteiger partial charge in [0.1, 0.15) is 5.82 Å². The summed E-state index contributed by atoms with van der Waals surface area (Å²) in [7, 11) is 0. The van der Waals surface area contributed by atoms with E-state index < -0.39 is 0 Å². The molecule has 1 unspecified atom stereocenters. The van der Waals surface area contributed by atoms with Crippen LogP contribution in [0.15, 0.2) is 42.9 Å². The van der Waals surface area contributed by atoms with E-state index in [0.29, 0.717) is 10.9 Å². The number of hydrogen-bond acceptors (Lipinski definition) is 4. The third kappa shape index (κ3) is 5.68. The molecule has 150 valence electrons. The summed E-state index contributed by atoms with van der Waals surface area (Å²) in [5.74, 6) is 1.68. The fraction of sp³-hybridized carbons (Fsp3) is 0.500. The van der Waals surface area contributed by atoms with Crippen molar-refractivity contribution in [1.82, 2.24) is 15.3 Å². The minimum atomic E-state index is 0.0326. The van der Waals surface area contributed by atoms with E-state index in [9.17, 15) is 4.79 Å². The Kier molecular flexibility index (Phi) is 7.26. The summed E-state index contributed by atoms with van der Waals surface area (Å²) in [5, 5.41) is 4.02. The van der Waals surface area contributed by atoms with Crippen molar-refractivity contribution in [2.75, 3.05) is 18.0 Å². The molecule has 1 aromatic heterocycles. The molecule has 1 amide bonds. The molecule has 1 N–H and O–H groups in total. The lowest BCUT2D eigenvalue weighted by Gasteiger charge is -2.32. The van der Waals surface area contributed by atoms with E-state index in [2.05, 4.69) is 34.0 Å². The lowest BCUT2D eigenvalue weighted by atomic mass is 9.93. The van der Waals surface area contributed by atoms with Crippen molar-refractivity contribution in [1.29, 1.82) is 0 Å². The molecule has 0 saturated carbocycles.